The lowest BCUT2D eigenvalue weighted by molar-refractivity contribution is -0.120. The summed E-state index contributed by atoms with van der Waals surface area (Å²) in [5, 5.41) is 0. The van der Waals surface area contributed by atoms with E-state index in [2.05, 4.69) is 12.2 Å². The van der Waals surface area contributed by atoms with Crippen LogP contribution >= 0.6 is 0 Å². The molecule has 0 aromatic rings. The topological polar surface area (TPSA) is 34.1 Å². The summed E-state index contributed by atoms with van der Waals surface area (Å²) in [6.45, 7) is 1.50. The first-order chi connectivity index (χ1) is 7.18. The van der Waals surface area contributed by atoms with Gasteiger partial charge in [0.1, 0.15) is 5.78 Å². The second kappa shape index (κ2) is 6.12. The summed E-state index contributed by atoms with van der Waals surface area (Å²) in [7, 11) is 0. The van der Waals surface area contributed by atoms with E-state index in [1.54, 1.807) is 6.08 Å². The third kappa shape index (κ3) is 5.11. The first-order valence-corrected chi connectivity index (χ1v) is 5.25. The van der Waals surface area contributed by atoms with Gasteiger partial charge in [0.25, 0.3) is 0 Å². The van der Waals surface area contributed by atoms with Gasteiger partial charge in [-0.05, 0) is 31.4 Å². The molecule has 0 amide bonds. The van der Waals surface area contributed by atoms with E-state index in [0.717, 1.165) is 18.4 Å². The smallest absolute Gasteiger partial charge is 0.156 e. The maximum atomic E-state index is 11.3. The maximum Gasteiger partial charge on any atom is 0.156 e. The standard InChI is InChI=1S/C13H16O2/c1-11(14)7-9-13(15)10-8-12-5-3-2-4-6-12/h3,5-6,8,10H,2,4,7,9H2,1H3/b10-8+. The Morgan fingerprint density at radius 1 is 1.33 bits per heavy atom. The van der Waals surface area contributed by atoms with Gasteiger partial charge in [0, 0.05) is 12.8 Å². The van der Waals surface area contributed by atoms with E-state index in [-0.39, 0.29) is 11.6 Å². The minimum absolute atomic E-state index is 0.0186. The summed E-state index contributed by atoms with van der Waals surface area (Å²) in [6.07, 6.45) is 12.4. The molecule has 80 valence electrons. The highest BCUT2D eigenvalue weighted by Gasteiger charge is 2.00. The summed E-state index contributed by atoms with van der Waals surface area (Å²) in [6, 6.07) is 0. The van der Waals surface area contributed by atoms with Crippen LogP contribution in [0.5, 0.6) is 0 Å². The van der Waals surface area contributed by atoms with Gasteiger partial charge in [-0.3, -0.25) is 4.79 Å². The fourth-order valence-electron chi connectivity index (χ4n) is 1.33. The molecule has 0 aromatic heterocycles. The average molecular weight is 204 g/mol. The van der Waals surface area contributed by atoms with Crippen molar-refractivity contribution >= 4 is 11.6 Å². The molecule has 15 heavy (non-hydrogen) atoms. The Labute approximate surface area is 90.4 Å². The summed E-state index contributed by atoms with van der Waals surface area (Å²) < 4.78 is 0. The van der Waals surface area contributed by atoms with Crippen LogP contribution in [0, 0.1) is 0 Å². The van der Waals surface area contributed by atoms with Gasteiger partial charge < -0.3 is 4.79 Å². The van der Waals surface area contributed by atoms with Crippen molar-refractivity contribution in [3.8, 4) is 0 Å². The number of hydrogen-bond donors (Lipinski definition) is 0. The molecule has 0 saturated carbocycles. The number of carbonyl (C=O) groups is 2. The van der Waals surface area contributed by atoms with E-state index >= 15 is 0 Å². The van der Waals surface area contributed by atoms with Crippen molar-refractivity contribution < 1.29 is 9.59 Å². The van der Waals surface area contributed by atoms with Crippen molar-refractivity contribution in [1.82, 2.24) is 0 Å². The molecule has 0 radical (unpaired) electrons. The van der Waals surface area contributed by atoms with Gasteiger partial charge in [-0.1, -0.05) is 24.3 Å². The molecule has 2 nitrogen and oxygen atoms in total. The molecule has 0 fully saturated rings. The second-order valence-electron chi connectivity index (χ2n) is 3.69. The predicted molar refractivity (Wildman–Crippen MR) is 60.5 cm³/mol. The zero-order chi connectivity index (χ0) is 11.1. The van der Waals surface area contributed by atoms with E-state index in [0.29, 0.717) is 12.8 Å². The molecular weight excluding hydrogens is 188 g/mol. The fourth-order valence-corrected chi connectivity index (χ4v) is 1.33. The van der Waals surface area contributed by atoms with Crippen LogP contribution in [0.25, 0.3) is 0 Å². The molecule has 0 spiro atoms. The van der Waals surface area contributed by atoms with E-state index in [1.165, 1.54) is 6.92 Å². The fraction of sp³-hybridized carbons (Fsp3) is 0.385. The van der Waals surface area contributed by atoms with Gasteiger partial charge in [-0.15, -0.1) is 0 Å². The largest absolute Gasteiger partial charge is 0.300 e. The minimum atomic E-state index is 0.0186. The molecule has 1 aliphatic carbocycles. The Morgan fingerprint density at radius 2 is 2.13 bits per heavy atom. The van der Waals surface area contributed by atoms with Crippen LogP contribution in [-0.4, -0.2) is 11.6 Å². The number of hydrogen-bond acceptors (Lipinski definition) is 2. The van der Waals surface area contributed by atoms with Crippen LogP contribution in [0.2, 0.25) is 0 Å². The van der Waals surface area contributed by atoms with Gasteiger partial charge >= 0.3 is 0 Å². The van der Waals surface area contributed by atoms with Crippen molar-refractivity contribution in [2.45, 2.75) is 32.6 Å². The molecule has 1 rings (SSSR count). The summed E-state index contributed by atoms with van der Waals surface area (Å²) >= 11 is 0. The molecular formula is C13H16O2. The molecule has 0 unspecified atom stereocenters. The van der Waals surface area contributed by atoms with Gasteiger partial charge in [0.05, 0.1) is 0 Å². The first-order valence-electron chi connectivity index (χ1n) is 5.25. The quantitative estimate of drug-likeness (QED) is 0.645. The van der Waals surface area contributed by atoms with E-state index in [1.807, 2.05) is 12.2 Å². The second-order valence-corrected chi connectivity index (χ2v) is 3.69. The molecule has 0 aromatic carbocycles. The SMILES string of the molecule is CC(=O)CCC(=O)/C=C/C1=CCCC=C1. The molecule has 2 heteroatoms. The van der Waals surface area contributed by atoms with Crippen molar-refractivity contribution in [2.24, 2.45) is 0 Å². The van der Waals surface area contributed by atoms with Gasteiger partial charge in [0.15, 0.2) is 5.78 Å². The Balaban J connectivity index is 2.36. The molecule has 1 aliphatic rings. The highest BCUT2D eigenvalue weighted by Crippen LogP contribution is 2.10. The Kier molecular flexibility index (Phi) is 4.75. The van der Waals surface area contributed by atoms with Gasteiger partial charge in [0.2, 0.25) is 0 Å². The molecule has 0 heterocycles. The summed E-state index contributed by atoms with van der Waals surface area (Å²) in [5.74, 6) is 0.0820. The number of rotatable bonds is 5. The van der Waals surface area contributed by atoms with E-state index in [9.17, 15) is 9.59 Å². The predicted octanol–water partition coefficient (Wildman–Crippen LogP) is 2.76. The van der Waals surface area contributed by atoms with Crippen LogP contribution in [0.1, 0.15) is 32.6 Å². The highest BCUT2D eigenvalue weighted by atomic mass is 16.1. The van der Waals surface area contributed by atoms with Crippen molar-refractivity contribution in [2.75, 3.05) is 0 Å². The number of allylic oxidation sites excluding steroid dienone is 6. The number of Topliss-reactive ketones (excluding diaryl/α,β-unsaturated/α-hetero) is 1. The number of ketones is 2. The van der Waals surface area contributed by atoms with Crippen molar-refractivity contribution in [3.63, 3.8) is 0 Å². The Bertz CT molecular complexity index is 332. The lowest BCUT2D eigenvalue weighted by Gasteiger charge is -2.00. The Morgan fingerprint density at radius 3 is 2.73 bits per heavy atom. The van der Waals surface area contributed by atoms with Crippen LogP contribution in [0.4, 0.5) is 0 Å². The minimum Gasteiger partial charge on any atom is -0.300 e. The summed E-state index contributed by atoms with van der Waals surface area (Å²) in [4.78, 5) is 22.0. The molecule has 0 atom stereocenters. The monoisotopic (exact) mass is 204 g/mol. The lowest BCUT2D eigenvalue weighted by Crippen LogP contribution is -1.97. The van der Waals surface area contributed by atoms with Gasteiger partial charge in [-0.25, -0.2) is 0 Å². The number of carbonyl (C=O) groups excluding carboxylic acids is 2. The molecule has 0 bridgehead atoms. The molecule has 0 aliphatic heterocycles. The van der Waals surface area contributed by atoms with Crippen LogP contribution in [-0.2, 0) is 9.59 Å². The van der Waals surface area contributed by atoms with Gasteiger partial charge in [-0.2, -0.15) is 0 Å². The maximum absolute atomic E-state index is 11.3. The third-order valence-corrected chi connectivity index (χ3v) is 2.21. The molecule has 0 N–H and O–H groups in total. The third-order valence-electron chi connectivity index (χ3n) is 2.21. The van der Waals surface area contributed by atoms with Crippen LogP contribution in [0.3, 0.4) is 0 Å². The Hall–Kier alpha value is -1.44. The van der Waals surface area contributed by atoms with E-state index < -0.39 is 0 Å². The lowest BCUT2D eigenvalue weighted by atomic mass is 10.1. The average Bonchev–Trinajstić information content (AvgIpc) is 2.25. The zero-order valence-electron chi connectivity index (χ0n) is 9.03. The van der Waals surface area contributed by atoms with E-state index in [4.69, 9.17) is 0 Å². The highest BCUT2D eigenvalue weighted by molar-refractivity contribution is 5.92. The van der Waals surface area contributed by atoms with Crippen molar-refractivity contribution in [1.29, 1.82) is 0 Å². The summed E-state index contributed by atoms with van der Waals surface area (Å²) in [5.41, 5.74) is 1.08. The first kappa shape index (κ1) is 11.6. The van der Waals surface area contributed by atoms with Crippen molar-refractivity contribution in [3.05, 3.63) is 36.0 Å². The normalized spacial score (nSPS) is 15.4. The molecule has 0 saturated heterocycles. The van der Waals surface area contributed by atoms with Crippen LogP contribution in [0.15, 0.2) is 36.0 Å². The zero-order valence-corrected chi connectivity index (χ0v) is 9.03. The van der Waals surface area contributed by atoms with Crippen LogP contribution < -0.4 is 0 Å².